The first-order chi connectivity index (χ1) is 12.4. The van der Waals surface area contributed by atoms with E-state index in [0.29, 0.717) is 11.1 Å². The fraction of sp³-hybridized carbons (Fsp3) is 0.174. The molecule has 0 aliphatic rings. The standard InChI is InChI=1S/C23H23NO2/c1-23(2,3)24(26)16-17-14-20(18-10-6-4-7-11-18)22(25)21(15-17)19-12-8-5-9-13-19/h4-16,25H,1-3H3. The van der Waals surface area contributed by atoms with Crippen molar-refractivity contribution in [3.05, 3.63) is 83.6 Å². The van der Waals surface area contributed by atoms with Gasteiger partial charge in [0.1, 0.15) is 5.75 Å². The topological polar surface area (TPSA) is 46.3 Å². The molecular formula is C23H23NO2. The Hall–Kier alpha value is -3.07. The molecular weight excluding hydrogens is 322 g/mol. The average Bonchev–Trinajstić information content (AvgIpc) is 2.63. The zero-order valence-corrected chi connectivity index (χ0v) is 15.3. The molecule has 0 radical (unpaired) electrons. The number of rotatable bonds is 3. The van der Waals surface area contributed by atoms with Crippen molar-refractivity contribution in [3.63, 3.8) is 0 Å². The van der Waals surface area contributed by atoms with Crippen LogP contribution in [0.3, 0.4) is 0 Å². The summed E-state index contributed by atoms with van der Waals surface area (Å²) < 4.78 is 0.947. The second-order valence-electron chi connectivity index (χ2n) is 7.32. The molecule has 0 bridgehead atoms. The maximum atomic E-state index is 12.4. The van der Waals surface area contributed by atoms with Crippen LogP contribution in [-0.4, -0.2) is 21.6 Å². The van der Waals surface area contributed by atoms with Crippen LogP contribution in [0.1, 0.15) is 26.3 Å². The van der Waals surface area contributed by atoms with Gasteiger partial charge in [0.15, 0.2) is 11.8 Å². The van der Waals surface area contributed by atoms with E-state index in [-0.39, 0.29) is 5.75 Å². The third-order valence-corrected chi connectivity index (χ3v) is 4.23. The van der Waals surface area contributed by atoms with E-state index in [1.807, 2.05) is 93.6 Å². The number of hydroxylamine groups is 1. The number of phenolic OH excluding ortho intramolecular Hbond substituents is 1. The molecule has 3 aromatic carbocycles. The first-order valence-corrected chi connectivity index (χ1v) is 8.65. The number of phenols is 1. The number of hydrogen-bond donors (Lipinski definition) is 1. The quantitative estimate of drug-likeness (QED) is 0.297. The minimum Gasteiger partial charge on any atom is -0.623 e. The average molecular weight is 345 g/mol. The molecule has 0 spiro atoms. The Morgan fingerprint density at radius 1 is 0.808 bits per heavy atom. The van der Waals surface area contributed by atoms with Gasteiger partial charge in [0, 0.05) is 37.5 Å². The summed E-state index contributed by atoms with van der Waals surface area (Å²) >= 11 is 0. The van der Waals surface area contributed by atoms with Crippen molar-refractivity contribution in [1.29, 1.82) is 0 Å². The van der Waals surface area contributed by atoms with Crippen LogP contribution in [-0.2, 0) is 0 Å². The highest BCUT2D eigenvalue weighted by Gasteiger charge is 2.19. The number of hydrogen-bond acceptors (Lipinski definition) is 2. The molecule has 3 heteroatoms. The van der Waals surface area contributed by atoms with Gasteiger partial charge in [-0.2, -0.15) is 0 Å². The highest BCUT2D eigenvalue weighted by Crippen LogP contribution is 2.39. The molecule has 3 nitrogen and oxygen atoms in total. The van der Waals surface area contributed by atoms with Crippen LogP contribution in [0, 0.1) is 5.21 Å². The monoisotopic (exact) mass is 345 g/mol. The van der Waals surface area contributed by atoms with Crippen molar-refractivity contribution in [3.8, 4) is 28.0 Å². The Balaban J connectivity index is 2.24. The molecule has 0 amide bonds. The van der Waals surface area contributed by atoms with Crippen LogP contribution in [0.4, 0.5) is 0 Å². The molecule has 0 aromatic heterocycles. The van der Waals surface area contributed by atoms with Crippen molar-refractivity contribution in [2.45, 2.75) is 26.3 Å². The summed E-state index contributed by atoms with van der Waals surface area (Å²) in [5, 5.41) is 23.3. The maximum absolute atomic E-state index is 12.4. The van der Waals surface area contributed by atoms with Crippen molar-refractivity contribution in [2.75, 3.05) is 0 Å². The Morgan fingerprint density at radius 3 is 1.62 bits per heavy atom. The molecule has 1 N–H and O–H groups in total. The summed E-state index contributed by atoms with van der Waals surface area (Å²) in [5.74, 6) is 0.216. The highest BCUT2D eigenvalue weighted by atomic mass is 16.5. The molecule has 0 saturated heterocycles. The van der Waals surface area contributed by atoms with Crippen molar-refractivity contribution in [2.24, 2.45) is 0 Å². The summed E-state index contributed by atoms with van der Waals surface area (Å²) in [5.41, 5.74) is 3.46. The molecule has 26 heavy (non-hydrogen) atoms. The van der Waals surface area contributed by atoms with Gasteiger partial charge in [-0.3, -0.25) is 0 Å². The molecule has 0 aliphatic heterocycles. The van der Waals surface area contributed by atoms with Crippen molar-refractivity contribution < 1.29 is 9.85 Å². The third kappa shape index (κ3) is 3.77. The lowest BCUT2D eigenvalue weighted by Gasteiger charge is -2.19. The van der Waals surface area contributed by atoms with E-state index in [2.05, 4.69) is 0 Å². The Labute approximate surface area is 154 Å². The van der Waals surface area contributed by atoms with E-state index in [4.69, 9.17) is 0 Å². The van der Waals surface area contributed by atoms with Gasteiger partial charge in [0.25, 0.3) is 0 Å². The Kier molecular flexibility index (Phi) is 4.81. The van der Waals surface area contributed by atoms with Crippen LogP contribution in [0.25, 0.3) is 22.3 Å². The van der Waals surface area contributed by atoms with E-state index in [1.54, 1.807) is 6.21 Å². The van der Waals surface area contributed by atoms with E-state index < -0.39 is 5.54 Å². The maximum Gasteiger partial charge on any atom is 0.182 e. The summed E-state index contributed by atoms with van der Waals surface area (Å²) in [6, 6.07) is 23.1. The minimum absolute atomic E-state index is 0.216. The van der Waals surface area contributed by atoms with Gasteiger partial charge in [0.05, 0.1) is 0 Å². The lowest BCUT2D eigenvalue weighted by Crippen LogP contribution is -2.29. The van der Waals surface area contributed by atoms with Gasteiger partial charge in [-0.15, -0.1) is 0 Å². The summed E-state index contributed by atoms with van der Waals surface area (Å²) in [7, 11) is 0. The van der Waals surface area contributed by atoms with E-state index in [9.17, 15) is 10.3 Å². The normalized spacial score (nSPS) is 12.2. The predicted octanol–water partition coefficient (Wildman–Crippen LogP) is 5.45. The lowest BCUT2D eigenvalue weighted by molar-refractivity contribution is -0.530. The smallest absolute Gasteiger partial charge is 0.182 e. The zero-order chi connectivity index (χ0) is 18.7. The zero-order valence-electron chi connectivity index (χ0n) is 15.3. The number of nitrogens with zero attached hydrogens (tertiary/aromatic N) is 1. The molecule has 3 rings (SSSR count). The van der Waals surface area contributed by atoms with Crippen LogP contribution in [0.5, 0.6) is 5.75 Å². The largest absolute Gasteiger partial charge is 0.623 e. The fourth-order valence-electron chi connectivity index (χ4n) is 2.74. The molecule has 0 unspecified atom stereocenters. The van der Waals surface area contributed by atoms with Gasteiger partial charge in [0.2, 0.25) is 0 Å². The minimum atomic E-state index is -0.530. The van der Waals surface area contributed by atoms with Crippen molar-refractivity contribution >= 4 is 6.21 Å². The highest BCUT2D eigenvalue weighted by molar-refractivity contribution is 5.89. The molecule has 0 saturated carbocycles. The molecule has 132 valence electrons. The van der Waals surface area contributed by atoms with Gasteiger partial charge >= 0.3 is 0 Å². The predicted molar refractivity (Wildman–Crippen MR) is 108 cm³/mol. The van der Waals surface area contributed by atoms with Crippen LogP contribution < -0.4 is 0 Å². The van der Waals surface area contributed by atoms with Gasteiger partial charge in [-0.25, -0.2) is 4.74 Å². The summed E-state index contributed by atoms with van der Waals surface area (Å²) in [6.45, 7) is 5.60. The first kappa shape index (κ1) is 17.7. The second kappa shape index (κ2) is 7.04. The second-order valence-corrected chi connectivity index (χ2v) is 7.32. The number of benzene rings is 3. The molecule has 0 atom stereocenters. The molecule has 0 aliphatic carbocycles. The fourth-order valence-corrected chi connectivity index (χ4v) is 2.74. The summed E-state index contributed by atoms with van der Waals surface area (Å²) in [4.78, 5) is 0. The molecule has 0 heterocycles. The molecule has 3 aromatic rings. The Bertz CT molecular complexity index is 863. The van der Waals surface area contributed by atoms with E-state index >= 15 is 0 Å². The van der Waals surface area contributed by atoms with Gasteiger partial charge in [-0.1, -0.05) is 60.7 Å². The van der Waals surface area contributed by atoms with E-state index in [0.717, 1.165) is 21.4 Å². The summed E-state index contributed by atoms with van der Waals surface area (Å²) in [6.07, 6.45) is 1.58. The van der Waals surface area contributed by atoms with E-state index in [1.165, 1.54) is 0 Å². The van der Waals surface area contributed by atoms with Gasteiger partial charge < -0.3 is 10.3 Å². The molecule has 0 fully saturated rings. The van der Waals surface area contributed by atoms with Gasteiger partial charge in [-0.05, 0) is 23.3 Å². The van der Waals surface area contributed by atoms with Crippen molar-refractivity contribution in [1.82, 2.24) is 0 Å². The first-order valence-electron chi connectivity index (χ1n) is 8.65. The SMILES string of the molecule is CC(C)(C)[N+]([O-])=Cc1cc(-c2ccccc2)c(O)c(-c2ccccc2)c1. The lowest BCUT2D eigenvalue weighted by atomic mass is 9.94. The number of aromatic hydroxyl groups is 1. The van der Waals surface area contributed by atoms with Crippen LogP contribution in [0.2, 0.25) is 0 Å². The third-order valence-electron chi connectivity index (χ3n) is 4.23. The van der Waals surface area contributed by atoms with Crippen LogP contribution >= 0.6 is 0 Å². The van der Waals surface area contributed by atoms with Crippen LogP contribution in [0.15, 0.2) is 72.8 Å². The Morgan fingerprint density at radius 2 is 1.23 bits per heavy atom.